The Kier molecular flexibility index (Phi) is 7.67. The highest BCUT2D eigenvalue weighted by Crippen LogP contribution is 2.66. The summed E-state index contributed by atoms with van der Waals surface area (Å²) in [6.07, 6.45) is 8.06. The molecule has 6 rings (SSSR count). The van der Waals surface area contributed by atoms with E-state index in [1.807, 2.05) is 101 Å². The van der Waals surface area contributed by atoms with Gasteiger partial charge in [0.05, 0.1) is 35.8 Å². The summed E-state index contributed by atoms with van der Waals surface area (Å²) < 4.78 is 3.90. The second kappa shape index (κ2) is 11.2. The number of benzene rings is 2. The van der Waals surface area contributed by atoms with Gasteiger partial charge in [-0.25, -0.2) is 0 Å². The third-order valence-electron chi connectivity index (χ3n) is 9.30. The number of carbonyl (C=O) groups is 3. The lowest BCUT2D eigenvalue weighted by atomic mass is 9.74. The van der Waals surface area contributed by atoms with E-state index in [9.17, 15) is 19.5 Å². The molecule has 2 saturated heterocycles. The molecule has 0 aliphatic carbocycles. The molecule has 4 heterocycles. The Morgan fingerprint density at radius 2 is 1.63 bits per heavy atom. The zero-order chi connectivity index (χ0) is 30.5. The first-order valence-electron chi connectivity index (χ1n) is 15.0. The van der Waals surface area contributed by atoms with E-state index in [-0.39, 0.29) is 30.4 Å². The van der Waals surface area contributed by atoms with E-state index in [0.29, 0.717) is 19.7 Å². The Labute approximate surface area is 257 Å². The first-order valence-corrected chi connectivity index (χ1v) is 15.9. The summed E-state index contributed by atoms with van der Waals surface area (Å²) in [4.78, 5) is 49.2. The molecule has 1 spiro atoms. The largest absolute Gasteiger partial charge is 0.494 e. The van der Waals surface area contributed by atoms with Gasteiger partial charge in [0.15, 0.2) is 0 Å². The monoisotopic (exact) mass is 601 g/mol. The van der Waals surface area contributed by atoms with Gasteiger partial charge in [-0.1, -0.05) is 54.6 Å². The van der Waals surface area contributed by atoms with Gasteiger partial charge in [-0.05, 0) is 57.5 Å². The number of fused-ring (bicyclic) bond motifs is 2. The standard InChI is InChI=1S/C34H39N3O5S/c1-5-42-25-15-13-24(14-16-25)36-20-9-17-33(4)27(30(36)39)28-31(40)37(26(21-38)23-11-7-6-8-12-23)29-32(41)35(22(2)3)19-10-18-34(28,29)43-33/h6-18,22,26-29,38H,5,19-21H2,1-4H3/t26-,27-,28+,29?,33+,34+/m1/s1. The minimum atomic E-state index is -0.985. The van der Waals surface area contributed by atoms with Crippen LogP contribution in [-0.4, -0.2) is 80.5 Å². The van der Waals surface area contributed by atoms with E-state index in [2.05, 4.69) is 6.08 Å². The zero-order valence-electron chi connectivity index (χ0n) is 25.1. The van der Waals surface area contributed by atoms with E-state index >= 15 is 0 Å². The maximum atomic E-state index is 14.9. The first-order chi connectivity index (χ1) is 20.7. The van der Waals surface area contributed by atoms with Crippen LogP contribution in [0.3, 0.4) is 0 Å². The van der Waals surface area contributed by atoms with E-state index in [1.54, 1.807) is 26.5 Å². The highest BCUT2D eigenvalue weighted by Gasteiger charge is 2.74. The first kappa shape index (κ1) is 29.5. The Hall–Kier alpha value is -3.56. The molecule has 43 heavy (non-hydrogen) atoms. The fourth-order valence-corrected chi connectivity index (χ4v) is 9.57. The summed E-state index contributed by atoms with van der Waals surface area (Å²) in [6.45, 7) is 8.88. The molecular formula is C34H39N3O5S. The smallest absolute Gasteiger partial charge is 0.247 e. The minimum Gasteiger partial charge on any atom is -0.494 e. The molecule has 3 amide bonds. The van der Waals surface area contributed by atoms with Gasteiger partial charge in [0.2, 0.25) is 17.7 Å². The van der Waals surface area contributed by atoms with Gasteiger partial charge in [0, 0.05) is 29.6 Å². The Morgan fingerprint density at radius 3 is 2.28 bits per heavy atom. The van der Waals surface area contributed by atoms with Crippen LogP contribution in [0.5, 0.6) is 5.75 Å². The molecule has 226 valence electrons. The van der Waals surface area contributed by atoms with Gasteiger partial charge >= 0.3 is 0 Å². The Balaban J connectivity index is 1.48. The van der Waals surface area contributed by atoms with Gasteiger partial charge in [-0.2, -0.15) is 0 Å². The molecular weight excluding hydrogens is 562 g/mol. The van der Waals surface area contributed by atoms with Crippen molar-refractivity contribution in [2.45, 2.75) is 55.3 Å². The number of aliphatic hydroxyl groups excluding tert-OH is 1. The number of amides is 3. The summed E-state index contributed by atoms with van der Waals surface area (Å²) >= 11 is 1.55. The number of nitrogens with zero attached hydrogens (tertiary/aromatic N) is 3. The Morgan fingerprint density at radius 1 is 0.930 bits per heavy atom. The number of hydrogen-bond donors (Lipinski definition) is 1. The molecule has 0 bridgehead atoms. The lowest BCUT2D eigenvalue weighted by Gasteiger charge is -2.40. The molecule has 0 saturated carbocycles. The van der Waals surface area contributed by atoms with Crippen molar-refractivity contribution in [3.05, 3.63) is 84.5 Å². The van der Waals surface area contributed by atoms with Crippen molar-refractivity contribution < 1.29 is 24.2 Å². The molecule has 0 aromatic heterocycles. The third-order valence-corrected chi connectivity index (χ3v) is 11.1. The second-order valence-electron chi connectivity index (χ2n) is 12.1. The number of carbonyl (C=O) groups excluding carboxylic acids is 3. The lowest BCUT2D eigenvalue weighted by Crippen LogP contribution is -2.55. The number of aliphatic hydroxyl groups is 1. The summed E-state index contributed by atoms with van der Waals surface area (Å²) in [6, 6.07) is 15.1. The minimum absolute atomic E-state index is 0.0863. The normalized spacial score (nSPS) is 30.7. The molecule has 1 N–H and O–H groups in total. The van der Waals surface area contributed by atoms with E-state index in [4.69, 9.17) is 4.74 Å². The van der Waals surface area contributed by atoms with Crippen molar-refractivity contribution in [3.63, 3.8) is 0 Å². The van der Waals surface area contributed by atoms with Gasteiger partial charge in [0.25, 0.3) is 0 Å². The van der Waals surface area contributed by atoms with E-state index < -0.39 is 33.4 Å². The molecule has 4 aliphatic rings. The lowest BCUT2D eigenvalue weighted by molar-refractivity contribution is -0.146. The van der Waals surface area contributed by atoms with Crippen molar-refractivity contribution in [1.29, 1.82) is 0 Å². The quantitative estimate of drug-likeness (QED) is 0.479. The fraction of sp³-hybridized carbons (Fsp3) is 0.441. The highest BCUT2D eigenvalue weighted by atomic mass is 32.2. The van der Waals surface area contributed by atoms with Crippen molar-refractivity contribution in [2.24, 2.45) is 11.8 Å². The molecule has 9 heteroatoms. The molecule has 6 atom stereocenters. The molecule has 1 unspecified atom stereocenters. The van der Waals surface area contributed by atoms with Crippen molar-refractivity contribution in [3.8, 4) is 5.75 Å². The summed E-state index contributed by atoms with van der Waals surface area (Å²) in [5.74, 6) is -1.36. The van der Waals surface area contributed by atoms with E-state index in [0.717, 1.165) is 17.0 Å². The molecule has 2 aromatic carbocycles. The summed E-state index contributed by atoms with van der Waals surface area (Å²) in [5.41, 5.74) is 1.48. The predicted molar refractivity (Wildman–Crippen MR) is 168 cm³/mol. The van der Waals surface area contributed by atoms with Crippen LogP contribution in [0.4, 0.5) is 5.69 Å². The molecule has 8 nitrogen and oxygen atoms in total. The zero-order valence-corrected chi connectivity index (χ0v) is 25.9. The number of rotatable bonds is 7. The van der Waals surface area contributed by atoms with Gasteiger partial charge in [-0.15, -0.1) is 11.8 Å². The molecule has 0 radical (unpaired) electrons. The van der Waals surface area contributed by atoms with Crippen LogP contribution >= 0.6 is 11.8 Å². The van der Waals surface area contributed by atoms with E-state index in [1.165, 1.54) is 0 Å². The van der Waals surface area contributed by atoms with Crippen LogP contribution in [0.1, 0.15) is 39.3 Å². The van der Waals surface area contributed by atoms with Crippen molar-refractivity contribution in [2.75, 3.05) is 31.2 Å². The SMILES string of the molecule is CCOc1ccc(N2CC=C[C@]3(C)S[C@]45C=CCN(C(C)C)C(=O)C4N([C@H](CO)c4ccccc4)C(=O)[C@@H]5[C@@H]3C2=O)cc1. The average molecular weight is 602 g/mol. The number of hydrogen-bond acceptors (Lipinski definition) is 6. The number of anilines is 1. The third kappa shape index (κ3) is 4.59. The van der Waals surface area contributed by atoms with Crippen LogP contribution in [0.15, 0.2) is 78.9 Å². The predicted octanol–water partition coefficient (Wildman–Crippen LogP) is 4.22. The number of thioether (sulfide) groups is 1. The highest BCUT2D eigenvalue weighted by molar-refractivity contribution is 8.02. The van der Waals surface area contributed by atoms with Crippen molar-refractivity contribution >= 4 is 35.2 Å². The van der Waals surface area contributed by atoms with Gasteiger partial charge in [0.1, 0.15) is 11.8 Å². The Bertz CT molecular complexity index is 1460. The summed E-state index contributed by atoms with van der Waals surface area (Å²) in [5, 5.41) is 10.7. The molecule has 2 aromatic rings. The second-order valence-corrected chi connectivity index (χ2v) is 13.9. The van der Waals surface area contributed by atoms with Crippen molar-refractivity contribution in [1.82, 2.24) is 9.80 Å². The topological polar surface area (TPSA) is 90.4 Å². The van der Waals surface area contributed by atoms with Crippen LogP contribution in [0.2, 0.25) is 0 Å². The van der Waals surface area contributed by atoms with Crippen LogP contribution in [-0.2, 0) is 14.4 Å². The number of ether oxygens (including phenoxy) is 1. The fourth-order valence-electron chi connectivity index (χ4n) is 7.43. The molecule has 2 fully saturated rings. The van der Waals surface area contributed by atoms with Crippen LogP contribution in [0.25, 0.3) is 0 Å². The van der Waals surface area contributed by atoms with Crippen LogP contribution < -0.4 is 9.64 Å². The summed E-state index contributed by atoms with van der Waals surface area (Å²) in [7, 11) is 0. The maximum Gasteiger partial charge on any atom is 0.247 e. The molecule has 4 aliphatic heterocycles. The van der Waals surface area contributed by atoms with Gasteiger partial charge in [-0.3, -0.25) is 14.4 Å². The van der Waals surface area contributed by atoms with Gasteiger partial charge < -0.3 is 24.5 Å². The maximum absolute atomic E-state index is 14.9. The number of likely N-dealkylation sites (tertiary alicyclic amines) is 1. The average Bonchev–Trinajstić information content (AvgIpc) is 3.26. The van der Waals surface area contributed by atoms with Crippen LogP contribution in [0, 0.1) is 11.8 Å².